The first-order valence-electron chi connectivity index (χ1n) is 33.4. The summed E-state index contributed by atoms with van der Waals surface area (Å²) in [6, 6.07) is 91.2. The van der Waals surface area contributed by atoms with Gasteiger partial charge in [0.25, 0.3) is 0 Å². The summed E-state index contributed by atoms with van der Waals surface area (Å²) in [6.45, 7) is 15.9. The summed E-state index contributed by atoms with van der Waals surface area (Å²) in [5.74, 6) is 1.61. The second kappa shape index (κ2) is 33.2. The molecule has 14 heteroatoms. The largest absolute Gasteiger partial charge is 0.507 e. The smallest absolute Gasteiger partial charge is 0.344 e. The van der Waals surface area contributed by atoms with Crippen molar-refractivity contribution in [3.8, 4) is 28.7 Å². The molecule has 10 aromatic carbocycles. The minimum absolute atomic E-state index is 0.0735. The number of aromatic hydroxyl groups is 2. The van der Waals surface area contributed by atoms with E-state index in [1.807, 2.05) is 153 Å². The van der Waals surface area contributed by atoms with Crippen LogP contribution in [0, 0.1) is 34.6 Å². The van der Waals surface area contributed by atoms with Gasteiger partial charge in [0.15, 0.2) is 13.2 Å². The number of fused-ring (bicyclic) bond motifs is 5. The molecule has 506 valence electrons. The topological polar surface area (TPSA) is 167 Å². The van der Waals surface area contributed by atoms with Gasteiger partial charge in [0.05, 0.1) is 28.7 Å². The standard InChI is InChI=1S/C23H21NO.C20H21NO3.C18H17NO3.C16H15NO.C9H9NO/c1-18-15-21-22(24(18)16-19-9-4-2-5-10-19)13-8-14-23(21)25-17-20-11-6-3-7-12-20;1-3-23-20(22)14-24-19-11-7-10-18-17(19)12-15(2)21(18)13-16-8-5-4-6-9-16;1-13-10-15-16(8-5-9-17(15)22-12-18(20)21)19(13)11-14-6-3-2-4-7-14;1-12-10-14-15(8-5-9-16(14)18)17(12)11-13-6-3-2-4-7-13;1-6-5-7-8(10-6)3-2-4-9(7)11/h2-15H,16-17H2,1H3;4-12H,3,13-14H2,1-2H3;2-10H,11-12H2,1H3,(H,20,21);2-10,18H,11H2,1H3;2-5,10-11H,1H3. The van der Waals surface area contributed by atoms with Gasteiger partial charge in [-0.1, -0.05) is 182 Å². The Hall–Kier alpha value is -12.2. The van der Waals surface area contributed by atoms with Crippen molar-refractivity contribution in [3.63, 3.8) is 0 Å². The van der Waals surface area contributed by atoms with Gasteiger partial charge in [-0.2, -0.15) is 0 Å². The summed E-state index contributed by atoms with van der Waals surface area (Å²) < 4.78 is 31.1. The fourth-order valence-corrected chi connectivity index (χ4v) is 12.3. The molecule has 0 aliphatic carbocycles. The van der Waals surface area contributed by atoms with Gasteiger partial charge in [0, 0.05) is 87.1 Å². The van der Waals surface area contributed by atoms with Gasteiger partial charge in [0.1, 0.15) is 35.4 Å². The Bertz CT molecular complexity index is 5170. The van der Waals surface area contributed by atoms with E-state index in [4.69, 9.17) is 24.1 Å². The Morgan fingerprint density at radius 2 is 0.690 bits per heavy atom. The Kier molecular flexibility index (Phi) is 23.0. The predicted molar refractivity (Wildman–Crippen MR) is 401 cm³/mol. The SMILES string of the molecule is CCOC(=O)COc1cccc2c1cc(C)n2Cc1ccccc1.Cc1cc2c(O)cccc2[nH]1.Cc1cc2c(O)cccc2n1Cc1ccccc1.Cc1cc2c(OCC(=O)O)cccc2n1Cc1ccccc1.Cc1cc2c(OCc3ccccc3)cccc2n1Cc1ccccc1. The number of carbonyl (C=O) groups is 2. The molecular formula is C86H83N5O9. The highest BCUT2D eigenvalue weighted by Crippen LogP contribution is 2.34. The summed E-state index contributed by atoms with van der Waals surface area (Å²) in [6.07, 6.45) is 0. The molecule has 0 atom stereocenters. The van der Waals surface area contributed by atoms with Crippen LogP contribution >= 0.6 is 0 Å². The number of carboxylic acids is 1. The zero-order valence-electron chi connectivity index (χ0n) is 57.2. The first kappa shape index (κ1) is 69.2. The average molecular weight is 1330 g/mol. The lowest BCUT2D eigenvalue weighted by atomic mass is 10.2. The van der Waals surface area contributed by atoms with Gasteiger partial charge in [-0.25, -0.2) is 9.59 Å². The molecule has 4 N–H and O–H groups in total. The molecule has 0 fully saturated rings. The number of H-pyrrole nitrogens is 1. The Morgan fingerprint density at radius 3 is 1.07 bits per heavy atom. The summed E-state index contributed by atoms with van der Waals surface area (Å²) in [5.41, 5.74) is 17.4. The van der Waals surface area contributed by atoms with Crippen LogP contribution in [0.3, 0.4) is 0 Å². The highest BCUT2D eigenvalue weighted by atomic mass is 16.6. The fourth-order valence-electron chi connectivity index (χ4n) is 12.3. The summed E-state index contributed by atoms with van der Waals surface area (Å²) in [4.78, 5) is 25.3. The second-order valence-electron chi connectivity index (χ2n) is 24.4. The van der Waals surface area contributed by atoms with Gasteiger partial charge in [-0.05, 0) is 160 Å². The van der Waals surface area contributed by atoms with Gasteiger partial charge in [-0.15, -0.1) is 0 Å². The molecule has 5 aromatic heterocycles. The van der Waals surface area contributed by atoms with Crippen LogP contribution in [0.2, 0.25) is 0 Å². The first-order valence-corrected chi connectivity index (χ1v) is 33.4. The third kappa shape index (κ3) is 17.5. The number of esters is 1. The zero-order chi connectivity index (χ0) is 69.9. The lowest BCUT2D eigenvalue weighted by molar-refractivity contribution is -0.145. The zero-order valence-corrected chi connectivity index (χ0v) is 57.2. The third-order valence-corrected chi connectivity index (χ3v) is 17.2. The van der Waals surface area contributed by atoms with Crippen LogP contribution in [0.25, 0.3) is 54.5 Å². The van der Waals surface area contributed by atoms with E-state index in [-0.39, 0.29) is 19.2 Å². The van der Waals surface area contributed by atoms with Crippen molar-refractivity contribution in [1.82, 2.24) is 23.3 Å². The van der Waals surface area contributed by atoms with E-state index in [9.17, 15) is 19.8 Å². The van der Waals surface area contributed by atoms with E-state index in [1.165, 1.54) is 44.4 Å². The molecule has 0 aliphatic heterocycles. The maximum atomic E-state index is 11.5. The molecule has 0 aliphatic rings. The highest BCUT2D eigenvalue weighted by molar-refractivity contribution is 5.91. The number of hydrogen-bond acceptors (Lipinski definition) is 8. The number of carboxylic acid groups (broad SMARTS) is 1. The van der Waals surface area contributed by atoms with Gasteiger partial charge in [-0.3, -0.25) is 0 Å². The van der Waals surface area contributed by atoms with Gasteiger partial charge >= 0.3 is 11.9 Å². The normalized spacial score (nSPS) is 10.8. The predicted octanol–water partition coefficient (Wildman–Crippen LogP) is 18.9. The van der Waals surface area contributed by atoms with Crippen LogP contribution in [0.4, 0.5) is 0 Å². The summed E-state index contributed by atoms with van der Waals surface area (Å²) in [7, 11) is 0. The number of carbonyl (C=O) groups excluding carboxylic acids is 1. The molecule has 0 unspecified atom stereocenters. The highest BCUT2D eigenvalue weighted by Gasteiger charge is 2.16. The summed E-state index contributed by atoms with van der Waals surface area (Å²) in [5, 5.41) is 32.9. The van der Waals surface area contributed by atoms with E-state index in [0.29, 0.717) is 36.2 Å². The second-order valence-corrected chi connectivity index (χ2v) is 24.4. The molecule has 0 spiro atoms. The number of hydrogen-bond donors (Lipinski definition) is 4. The molecule has 0 amide bonds. The maximum Gasteiger partial charge on any atom is 0.344 e. The number of rotatable bonds is 18. The van der Waals surface area contributed by atoms with E-state index in [2.05, 4.69) is 159 Å². The Balaban J connectivity index is 0.000000129. The number of nitrogens with zero attached hydrogens (tertiary/aromatic N) is 4. The third-order valence-electron chi connectivity index (χ3n) is 17.2. The summed E-state index contributed by atoms with van der Waals surface area (Å²) >= 11 is 0. The van der Waals surface area contributed by atoms with Gasteiger partial charge < -0.3 is 57.5 Å². The number of ether oxygens (including phenoxy) is 4. The van der Waals surface area contributed by atoms with Gasteiger partial charge in [0.2, 0.25) is 0 Å². The molecule has 0 radical (unpaired) electrons. The van der Waals surface area contributed by atoms with E-state index >= 15 is 0 Å². The number of aromatic amines is 1. The molecule has 15 aromatic rings. The lowest BCUT2D eigenvalue weighted by Crippen LogP contribution is -2.14. The fraction of sp³-hybridized carbons (Fsp3) is 0.163. The molecule has 0 saturated heterocycles. The number of nitrogens with one attached hydrogen (secondary N) is 1. The number of aromatic nitrogens is 5. The molecule has 0 saturated carbocycles. The van der Waals surface area contributed by atoms with Crippen LogP contribution in [0.5, 0.6) is 28.7 Å². The molecule has 100 heavy (non-hydrogen) atoms. The molecule has 5 heterocycles. The first-order chi connectivity index (χ1) is 48.7. The maximum absolute atomic E-state index is 11.5. The van der Waals surface area contributed by atoms with E-state index < -0.39 is 5.97 Å². The molecule has 14 nitrogen and oxygen atoms in total. The Morgan fingerprint density at radius 1 is 0.360 bits per heavy atom. The van der Waals surface area contributed by atoms with Crippen molar-refractivity contribution in [3.05, 3.63) is 329 Å². The van der Waals surface area contributed by atoms with Crippen LogP contribution in [-0.2, 0) is 47.1 Å². The number of aliphatic carboxylic acids is 1. The van der Waals surface area contributed by atoms with E-state index in [1.54, 1.807) is 25.1 Å². The van der Waals surface area contributed by atoms with Crippen molar-refractivity contribution in [2.45, 2.75) is 74.3 Å². The van der Waals surface area contributed by atoms with Crippen LogP contribution < -0.4 is 14.2 Å². The minimum Gasteiger partial charge on any atom is -0.507 e. The minimum atomic E-state index is -0.975. The molecule has 15 rings (SSSR count). The average Bonchev–Trinajstić information content (AvgIpc) is 1.66. The number of phenolic OH excluding ortho intramolecular Hbond substituents is 2. The van der Waals surface area contributed by atoms with Crippen LogP contribution in [0.15, 0.2) is 273 Å². The lowest BCUT2D eigenvalue weighted by Gasteiger charge is -2.10. The number of aryl methyl sites for hydroxylation is 5. The van der Waals surface area contributed by atoms with Crippen molar-refractivity contribution in [2.75, 3.05) is 19.8 Å². The van der Waals surface area contributed by atoms with Crippen molar-refractivity contribution in [1.29, 1.82) is 0 Å². The van der Waals surface area contributed by atoms with Crippen molar-refractivity contribution < 1.29 is 43.9 Å². The Labute approximate surface area is 582 Å². The monoisotopic (exact) mass is 1330 g/mol. The van der Waals surface area contributed by atoms with E-state index in [0.717, 1.165) is 98.3 Å². The number of phenols is 2. The molecule has 0 bridgehead atoms. The van der Waals surface area contributed by atoms with Crippen molar-refractivity contribution >= 4 is 66.5 Å². The van der Waals surface area contributed by atoms with Crippen LogP contribution in [-0.4, -0.2) is 70.3 Å². The van der Waals surface area contributed by atoms with Crippen LogP contribution in [0.1, 0.15) is 63.2 Å². The number of benzene rings is 10. The molecular weight excluding hydrogens is 1250 g/mol. The quantitative estimate of drug-likeness (QED) is 0.0611. The van der Waals surface area contributed by atoms with Crippen molar-refractivity contribution in [2.24, 2.45) is 0 Å².